The topological polar surface area (TPSA) is 57.5 Å². The maximum atomic E-state index is 12.0. The Kier molecular flexibility index (Phi) is 2.80. The van der Waals surface area contributed by atoms with Crippen molar-refractivity contribution in [3.63, 3.8) is 0 Å². The number of aliphatic hydroxyl groups excluding tert-OH is 1. The minimum Gasteiger partial charge on any atom is -0.508 e. The summed E-state index contributed by atoms with van der Waals surface area (Å²) in [6.45, 7) is 5.79. The molecule has 2 atom stereocenters. The quantitative estimate of drug-likeness (QED) is 0.763. The number of carbonyl (C=O) groups excluding carboxylic acids is 1. The Balaban J connectivity index is 2.20. The molecular weight excluding hydrogens is 252 g/mol. The highest BCUT2D eigenvalue weighted by Gasteiger charge is 2.46. The van der Waals surface area contributed by atoms with E-state index in [0.717, 1.165) is 29.5 Å². The minimum atomic E-state index is -0.933. The van der Waals surface area contributed by atoms with Crippen LogP contribution in [-0.2, 0) is 11.2 Å². The zero-order chi connectivity index (χ0) is 14.7. The highest BCUT2D eigenvalue weighted by Crippen LogP contribution is 2.50. The number of ketones is 1. The van der Waals surface area contributed by atoms with Crippen molar-refractivity contribution in [2.45, 2.75) is 39.7 Å². The lowest BCUT2D eigenvalue weighted by Crippen LogP contribution is -2.46. The second kappa shape index (κ2) is 4.19. The summed E-state index contributed by atoms with van der Waals surface area (Å²) >= 11 is 0. The molecule has 2 N–H and O–H groups in total. The third-order valence-electron chi connectivity index (χ3n) is 4.98. The van der Waals surface area contributed by atoms with Gasteiger partial charge in [0.2, 0.25) is 0 Å². The fourth-order valence-corrected chi connectivity index (χ4v) is 3.62. The highest BCUT2D eigenvalue weighted by atomic mass is 16.3. The first-order chi connectivity index (χ1) is 9.32. The number of aryl methyl sites for hydroxylation is 2. The van der Waals surface area contributed by atoms with Gasteiger partial charge in [0.05, 0.1) is 0 Å². The summed E-state index contributed by atoms with van der Waals surface area (Å²) in [4.78, 5) is 12.0. The molecule has 3 nitrogen and oxygen atoms in total. The van der Waals surface area contributed by atoms with Gasteiger partial charge in [-0.2, -0.15) is 0 Å². The number of phenolic OH excluding ortho intramolecular Hbond substituents is 1. The van der Waals surface area contributed by atoms with Gasteiger partial charge in [0.15, 0.2) is 5.78 Å². The summed E-state index contributed by atoms with van der Waals surface area (Å²) in [6.07, 6.45) is 2.49. The summed E-state index contributed by atoms with van der Waals surface area (Å²) in [5.41, 5.74) is 3.53. The highest BCUT2D eigenvalue weighted by molar-refractivity contribution is 6.03. The van der Waals surface area contributed by atoms with Gasteiger partial charge < -0.3 is 10.2 Å². The van der Waals surface area contributed by atoms with Crippen molar-refractivity contribution in [2.75, 3.05) is 0 Å². The first-order valence-electron chi connectivity index (χ1n) is 7.08. The lowest BCUT2D eigenvalue weighted by Gasteiger charge is -2.44. The van der Waals surface area contributed by atoms with Crippen molar-refractivity contribution in [1.82, 2.24) is 0 Å². The molecule has 0 spiro atoms. The number of hydrogen-bond acceptors (Lipinski definition) is 3. The molecule has 2 aliphatic rings. The van der Waals surface area contributed by atoms with Gasteiger partial charge >= 0.3 is 0 Å². The number of fused-ring (bicyclic) bond motifs is 3. The molecule has 2 aliphatic carbocycles. The number of hydrogen-bond donors (Lipinski definition) is 2. The molecule has 0 bridgehead atoms. The van der Waals surface area contributed by atoms with Gasteiger partial charge in [0, 0.05) is 5.41 Å². The lowest BCUT2D eigenvalue weighted by atomic mass is 9.60. The Bertz CT molecular complexity index is 625. The molecule has 3 rings (SSSR count). The zero-order valence-corrected chi connectivity index (χ0v) is 12.1. The number of carbonyl (C=O) groups is 1. The van der Waals surface area contributed by atoms with E-state index in [-0.39, 0.29) is 17.5 Å². The van der Waals surface area contributed by atoms with Crippen LogP contribution in [0.1, 0.15) is 37.0 Å². The molecule has 0 aliphatic heterocycles. The second-order valence-electron chi connectivity index (χ2n) is 6.61. The SMILES string of the molecule is Cc1cc2c(cc1O)C1=CC(=O)[C@@H](O)C(C)(C)[C@H]1CC2. The Morgan fingerprint density at radius 3 is 2.70 bits per heavy atom. The number of rotatable bonds is 0. The first kappa shape index (κ1) is 13.4. The molecular formula is C17H20O3. The monoisotopic (exact) mass is 272 g/mol. The van der Waals surface area contributed by atoms with Crippen molar-refractivity contribution >= 4 is 11.4 Å². The Labute approximate surface area is 118 Å². The van der Waals surface area contributed by atoms with Gasteiger partial charge in [-0.05, 0) is 60.1 Å². The van der Waals surface area contributed by atoms with Crippen LogP contribution in [0, 0.1) is 18.3 Å². The number of allylic oxidation sites excluding steroid dienone is 1. The van der Waals surface area contributed by atoms with Gasteiger partial charge in [-0.25, -0.2) is 0 Å². The molecule has 106 valence electrons. The average molecular weight is 272 g/mol. The van der Waals surface area contributed by atoms with Crippen LogP contribution in [0.25, 0.3) is 5.57 Å². The van der Waals surface area contributed by atoms with Crippen molar-refractivity contribution in [2.24, 2.45) is 11.3 Å². The van der Waals surface area contributed by atoms with Gasteiger partial charge in [0.1, 0.15) is 11.9 Å². The van der Waals surface area contributed by atoms with Crippen LogP contribution in [0.2, 0.25) is 0 Å². The summed E-state index contributed by atoms with van der Waals surface area (Å²) in [7, 11) is 0. The Morgan fingerprint density at radius 1 is 1.30 bits per heavy atom. The molecule has 3 heteroatoms. The smallest absolute Gasteiger partial charge is 0.184 e. The van der Waals surface area contributed by atoms with Crippen molar-refractivity contribution in [1.29, 1.82) is 0 Å². The molecule has 0 unspecified atom stereocenters. The zero-order valence-electron chi connectivity index (χ0n) is 12.1. The van der Waals surface area contributed by atoms with E-state index < -0.39 is 11.5 Å². The summed E-state index contributed by atoms with van der Waals surface area (Å²) < 4.78 is 0. The second-order valence-corrected chi connectivity index (χ2v) is 6.61. The van der Waals surface area contributed by atoms with Gasteiger partial charge in [-0.15, -0.1) is 0 Å². The summed E-state index contributed by atoms with van der Waals surface area (Å²) in [6, 6.07) is 3.77. The summed E-state index contributed by atoms with van der Waals surface area (Å²) in [5.74, 6) is 0.195. The maximum absolute atomic E-state index is 12.0. The third-order valence-corrected chi connectivity index (χ3v) is 4.98. The molecule has 1 aromatic carbocycles. The fraction of sp³-hybridized carbons (Fsp3) is 0.471. The first-order valence-corrected chi connectivity index (χ1v) is 7.08. The van der Waals surface area contributed by atoms with Crippen LogP contribution in [0.3, 0.4) is 0 Å². The fourth-order valence-electron chi connectivity index (χ4n) is 3.62. The number of phenols is 1. The van der Waals surface area contributed by atoms with E-state index in [9.17, 15) is 15.0 Å². The van der Waals surface area contributed by atoms with E-state index in [1.165, 1.54) is 5.56 Å². The molecule has 0 aromatic heterocycles. The van der Waals surface area contributed by atoms with E-state index in [2.05, 4.69) is 0 Å². The van der Waals surface area contributed by atoms with E-state index in [4.69, 9.17) is 0 Å². The standard InChI is InChI=1S/C17H20O3/c1-9-6-10-4-5-13-12(11(10)7-14(9)18)8-15(19)16(20)17(13,2)3/h6-8,13,16,18,20H,4-5H2,1-3H3/t13-,16+/m0/s1. The Morgan fingerprint density at radius 2 is 2.00 bits per heavy atom. The van der Waals surface area contributed by atoms with Crippen LogP contribution in [-0.4, -0.2) is 22.1 Å². The van der Waals surface area contributed by atoms with Crippen LogP contribution < -0.4 is 0 Å². The number of aromatic hydroxyl groups is 1. The normalized spacial score (nSPS) is 27.6. The van der Waals surface area contributed by atoms with Crippen molar-refractivity contribution < 1.29 is 15.0 Å². The van der Waals surface area contributed by atoms with Gasteiger partial charge in [-0.3, -0.25) is 4.79 Å². The Hall–Kier alpha value is -1.61. The number of aliphatic hydroxyl groups is 1. The summed E-state index contributed by atoms with van der Waals surface area (Å²) in [5, 5.41) is 20.1. The molecule has 20 heavy (non-hydrogen) atoms. The average Bonchev–Trinajstić information content (AvgIpc) is 2.38. The van der Waals surface area contributed by atoms with Crippen LogP contribution in [0.4, 0.5) is 0 Å². The maximum Gasteiger partial charge on any atom is 0.184 e. The van der Waals surface area contributed by atoms with Crippen molar-refractivity contribution in [3.05, 3.63) is 34.9 Å². The predicted octanol–water partition coefficient (Wildman–Crippen LogP) is 2.62. The lowest BCUT2D eigenvalue weighted by molar-refractivity contribution is -0.130. The molecule has 0 saturated heterocycles. The van der Waals surface area contributed by atoms with E-state index in [1.54, 1.807) is 12.1 Å². The number of benzene rings is 1. The van der Waals surface area contributed by atoms with E-state index >= 15 is 0 Å². The van der Waals surface area contributed by atoms with Crippen LogP contribution >= 0.6 is 0 Å². The van der Waals surface area contributed by atoms with Gasteiger partial charge in [-0.1, -0.05) is 19.9 Å². The van der Waals surface area contributed by atoms with Crippen molar-refractivity contribution in [3.8, 4) is 5.75 Å². The molecule has 1 aromatic rings. The molecule has 0 fully saturated rings. The van der Waals surface area contributed by atoms with Crippen LogP contribution in [0.15, 0.2) is 18.2 Å². The van der Waals surface area contributed by atoms with E-state index in [0.29, 0.717) is 0 Å². The third kappa shape index (κ3) is 1.73. The minimum absolute atomic E-state index is 0.157. The molecule has 0 amide bonds. The van der Waals surface area contributed by atoms with Crippen LogP contribution in [0.5, 0.6) is 5.75 Å². The predicted molar refractivity (Wildman–Crippen MR) is 77.4 cm³/mol. The molecule has 0 radical (unpaired) electrons. The molecule has 0 heterocycles. The van der Waals surface area contributed by atoms with Gasteiger partial charge in [0.25, 0.3) is 0 Å². The largest absolute Gasteiger partial charge is 0.508 e. The molecule has 0 saturated carbocycles. The van der Waals surface area contributed by atoms with E-state index in [1.807, 2.05) is 26.8 Å².